The lowest BCUT2D eigenvalue weighted by Gasteiger charge is -2.12. The van der Waals surface area contributed by atoms with Gasteiger partial charge in [0.1, 0.15) is 5.82 Å². The number of nitrogens with zero attached hydrogens (tertiary/aromatic N) is 3. The van der Waals surface area contributed by atoms with Crippen molar-refractivity contribution in [2.24, 2.45) is 0 Å². The molecule has 1 N–H and O–H groups in total. The summed E-state index contributed by atoms with van der Waals surface area (Å²) in [7, 11) is 0. The van der Waals surface area contributed by atoms with Gasteiger partial charge in [-0.2, -0.15) is 5.10 Å². The number of benzene rings is 3. The monoisotopic (exact) mass is 450 g/mol. The maximum atomic E-state index is 13.6. The number of rotatable bonds is 4. The number of fused-ring (bicyclic) bond motifs is 1. The number of aromatic nitrogens is 3. The van der Waals surface area contributed by atoms with Crippen LogP contribution in [0.5, 0.6) is 0 Å². The van der Waals surface area contributed by atoms with Gasteiger partial charge >= 0.3 is 0 Å². The third kappa shape index (κ3) is 4.06. The van der Waals surface area contributed by atoms with E-state index < -0.39 is 5.82 Å². The number of amides is 1. The van der Waals surface area contributed by atoms with Crippen molar-refractivity contribution in [1.29, 1.82) is 0 Å². The first-order valence-corrected chi connectivity index (χ1v) is 11.0. The van der Waals surface area contributed by atoms with Gasteiger partial charge in [0.2, 0.25) is 0 Å². The van der Waals surface area contributed by atoms with Crippen molar-refractivity contribution >= 4 is 22.5 Å². The van der Waals surface area contributed by atoms with Crippen LogP contribution in [0.15, 0.2) is 79.0 Å². The van der Waals surface area contributed by atoms with E-state index in [0.29, 0.717) is 22.5 Å². The zero-order valence-corrected chi connectivity index (χ0v) is 19.1. The maximum Gasteiger partial charge on any atom is 0.256 e. The number of hydrogen-bond donors (Lipinski definition) is 1. The largest absolute Gasteiger partial charge is 0.322 e. The summed E-state index contributed by atoms with van der Waals surface area (Å²) >= 11 is 0. The van der Waals surface area contributed by atoms with Crippen LogP contribution < -0.4 is 5.32 Å². The average molecular weight is 451 g/mol. The number of aryl methyl sites for hydroxylation is 2. The molecule has 0 atom stereocenters. The number of anilines is 1. The molecule has 0 saturated carbocycles. The van der Waals surface area contributed by atoms with Gasteiger partial charge in [-0.1, -0.05) is 35.4 Å². The predicted octanol–water partition coefficient (Wildman–Crippen LogP) is 6.40. The van der Waals surface area contributed by atoms with Gasteiger partial charge in [-0.3, -0.25) is 4.79 Å². The van der Waals surface area contributed by atoms with E-state index in [-0.39, 0.29) is 5.91 Å². The Kier molecular flexibility index (Phi) is 5.42. The number of nitrogens with one attached hydrogen (secondary N) is 1. The van der Waals surface area contributed by atoms with Crippen molar-refractivity contribution in [1.82, 2.24) is 14.8 Å². The number of carbonyl (C=O) groups excluding carboxylic acids is 1. The van der Waals surface area contributed by atoms with Crippen molar-refractivity contribution in [3.05, 3.63) is 107 Å². The molecule has 5 aromatic rings. The molecule has 5 rings (SSSR count). The summed E-state index contributed by atoms with van der Waals surface area (Å²) in [6.45, 7) is 6.00. The van der Waals surface area contributed by atoms with Gasteiger partial charge in [0.25, 0.3) is 5.91 Å². The van der Waals surface area contributed by atoms with Gasteiger partial charge in [-0.15, -0.1) is 0 Å². The van der Waals surface area contributed by atoms with Crippen LogP contribution in [0, 0.1) is 26.6 Å². The van der Waals surface area contributed by atoms with Crippen molar-refractivity contribution in [3.63, 3.8) is 0 Å². The normalized spacial score (nSPS) is 11.1. The zero-order chi connectivity index (χ0) is 23.8. The van der Waals surface area contributed by atoms with Crippen LogP contribution in [0.1, 0.15) is 27.2 Å². The standard InChI is InChI=1S/C28H23FN4O/c1-17-7-10-22(11-8-17)33-19(3)25(16-30-33)27-15-24(23-13-18(2)9-12-26(23)32-27)28(34)31-21-6-4-5-20(29)14-21/h4-16H,1-3H3,(H,31,34). The van der Waals surface area contributed by atoms with Gasteiger partial charge < -0.3 is 5.32 Å². The molecule has 5 nitrogen and oxygen atoms in total. The highest BCUT2D eigenvalue weighted by atomic mass is 19.1. The Labute approximate surface area is 196 Å². The molecule has 0 aliphatic carbocycles. The van der Waals surface area contributed by atoms with Gasteiger partial charge in [0.05, 0.1) is 34.4 Å². The molecule has 0 radical (unpaired) electrons. The molecule has 34 heavy (non-hydrogen) atoms. The summed E-state index contributed by atoms with van der Waals surface area (Å²) in [5, 5.41) is 8.12. The molecule has 1 amide bonds. The second-order valence-corrected chi connectivity index (χ2v) is 8.43. The fourth-order valence-electron chi connectivity index (χ4n) is 4.04. The number of pyridine rings is 1. The lowest BCUT2D eigenvalue weighted by molar-refractivity contribution is 0.102. The third-order valence-electron chi connectivity index (χ3n) is 5.86. The molecule has 6 heteroatoms. The summed E-state index contributed by atoms with van der Waals surface area (Å²) < 4.78 is 15.5. The van der Waals surface area contributed by atoms with Crippen LogP contribution in [-0.2, 0) is 0 Å². The average Bonchev–Trinajstić information content (AvgIpc) is 3.20. The van der Waals surface area contributed by atoms with Gasteiger partial charge in [0, 0.05) is 16.6 Å². The van der Waals surface area contributed by atoms with E-state index in [0.717, 1.165) is 27.9 Å². The Morgan fingerprint density at radius 2 is 1.68 bits per heavy atom. The minimum Gasteiger partial charge on any atom is -0.322 e. The molecular formula is C28H23FN4O. The van der Waals surface area contributed by atoms with Crippen LogP contribution in [0.4, 0.5) is 10.1 Å². The Balaban J connectivity index is 1.61. The molecule has 0 saturated heterocycles. The molecule has 0 unspecified atom stereocenters. The molecule has 3 aromatic carbocycles. The number of carbonyl (C=O) groups is 1. The zero-order valence-electron chi connectivity index (χ0n) is 19.1. The minimum absolute atomic E-state index is 0.326. The van der Waals surface area contributed by atoms with Crippen molar-refractivity contribution in [3.8, 4) is 16.9 Å². The molecule has 2 heterocycles. The Bertz CT molecular complexity index is 1540. The molecule has 0 aliphatic heterocycles. The smallest absolute Gasteiger partial charge is 0.256 e. The van der Waals surface area contributed by atoms with Gasteiger partial charge in [0.15, 0.2) is 0 Å². The molecule has 0 aliphatic rings. The number of hydrogen-bond acceptors (Lipinski definition) is 3. The molecule has 0 bridgehead atoms. The number of halogens is 1. The summed E-state index contributed by atoms with van der Waals surface area (Å²) in [6.07, 6.45) is 1.77. The Morgan fingerprint density at radius 3 is 2.44 bits per heavy atom. The molecule has 2 aromatic heterocycles. The fourth-order valence-corrected chi connectivity index (χ4v) is 4.04. The van der Waals surface area contributed by atoms with Crippen LogP contribution in [-0.4, -0.2) is 20.7 Å². The Hall–Kier alpha value is -4.32. The van der Waals surface area contributed by atoms with Crippen molar-refractivity contribution < 1.29 is 9.18 Å². The minimum atomic E-state index is -0.409. The topological polar surface area (TPSA) is 59.8 Å². The van der Waals surface area contributed by atoms with Crippen LogP contribution in [0.3, 0.4) is 0 Å². The van der Waals surface area contributed by atoms with Crippen molar-refractivity contribution in [2.75, 3.05) is 5.32 Å². The second kappa shape index (κ2) is 8.56. The SMILES string of the molecule is Cc1ccc(-n2ncc(-c3cc(C(=O)Nc4cccc(F)c4)c4cc(C)ccc4n3)c2C)cc1. The maximum absolute atomic E-state index is 13.6. The lowest BCUT2D eigenvalue weighted by Crippen LogP contribution is -2.13. The molecule has 168 valence electrons. The summed E-state index contributed by atoms with van der Waals surface area (Å²) in [4.78, 5) is 18.1. The van der Waals surface area contributed by atoms with E-state index >= 15 is 0 Å². The van der Waals surface area contributed by atoms with Crippen LogP contribution >= 0.6 is 0 Å². The second-order valence-electron chi connectivity index (χ2n) is 8.43. The predicted molar refractivity (Wildman–Crippen MR) is 133 cm³/mol. The van der Waals surface area contributed by atoms with E-state index in [2.05, 4.69) is 10.4 Å². The quantitative estimate of drug-likeness (QED) is 0.344. The fraction of sp³-hybridized carbons (Fsp3) is 0.107. The first-order valence-electron chi connectivity index (χ1n) is 11.0. The van der Waals surface area contributed by atoms with E-state index in [9.17, 15) is 9.18 Å². The molecule has 0 spiro atoms. The van der Waals surface area contributed by atoms with E-state index in [4.69, 9.17) is 4.98 Å². The van der Waals surface area contributed by atoms with Crippen LogP contribution in [0.25, 0.3) is 27.8 Å². The Morgan fingerprint density at radius 1 is 0.912 bits per heavy atom. The summed E-state index contributed by atoms with van der Waals surface area (Å²) in [5.41, 5.74) is 7.12. The van der Waals surface area contributed by atoms with E-state index in [1.807, 2.05) is 67.9 Å². The van der Waals surface area contributed by atoms with Gasteiger partial charge in [-0.25, -0.2) is 14.1 Å². The summed E-state index contributed by atoms with van der Waals surface area (Å²) in [5.74, 6) is -0.735. The van der Waals surface area contributed by atoms with E-state index in [1.54, 1.807) is 24.4 Å². The first kappa shape index (κ1) is 21.5. The molecule has 0 fully saturated rings. The highest BCUT2D eigenvalue weighted by Gasteiger charge is 2.18. The van der Waals surface area contributed by atoms with Crippen molar-refractivity contribution in [2.45, 2.75) is 20.8 Å². The van der Waals surface area contributed by atoms with E-state index in [1.165, 1.54) is 17.7 Å². The van der Waals surface area contributed by atoms with Gasteiger partial charge in [-0.05, 0) is 69.3 Å². The summed E-state index contributed by atoms with van der Waals surface area (Å²) in [6, 6.07) is 21.6. The highest BCUT2D eigenvalue weighted by molar-refractivity contribution is 6.13. The lowest BCUT2D eigenvalue weighted by atomic mass is 10.0. The highest BCUT2D eigenvalue weighted by Crippen LogP contribution is 2.29. The third-order valence-corrected chi connectivity index (χ3v) is 5.86. The first-order chi connectivity index (χ1) is 16.4. The van der Waals surface area contributed by atoms with Crippen LogP contribution in [0.2, 0.25) is 0 Å². The molecular weight excluding hydrogens is 427 g/mol.